The SMILES string of the molecule is CCC(NC(=O)CCC(C)CN)c1cccs1. The molecule has 0 saturated heterocycles. The molecule has 0 spiro atoms. The van der Waals surface area contributed by atoms with Gasteiger partial charge in [0.1, 0.15) is 0 Å². The highest BCUT2D eigenvalue weighted by atomic mass is 32.1. The van der Waals surface area contributed by atoms with E-state index in [1.807, 2.05) is 11.4 Å². The average molecular weight is 254 g/mol. The zero-order valence-electron chi connectivity index (χ0n) is 10.6. The van der Waals surface area contributed by atoms with E-state index in [-0.39, 0.29) is 11.9 Å². The summed E-state index contributed by atoms with van der Waals surface area (Å²) in [5, 5.41) is 5.12. The summed E-state index contributed by atoms with van der Waals surface area (Å²) in [6.07, 6.45) is 2.36. The van der Waals surface area contributed by atoms with Crippen molar-refractivity contribution in [1.29, 1.82) is 0 Å². The van der Waals surface area contributed by atoms with Crippen LogP contribution in [0.1, 0.15) is 44.0 Å². The van der Waals surface area contributed by atoms with Gasteiger partial charge in [-0.15, -0.1) is 11.3 Å². The Morgan fingerprint density at radius 3 is 2.88 bits per heavy atom. The molecule has 2 unspecified atom stereocenters. The average Bonchev–Trinajstić information content (AvgIpc) is 2.86. The quantitative estimate of drug-likeness (QED) is 0.786. The zero-order valence-corrected chi connectivity index (χ0v) is 11.4. The van der Waals surface area contributed by atoms with Crippen LogP contribution < -0.4 is 11.1 Å². The van der Waals surface area contributed by atoms with Crippen molar-refractivity contribution in [2.45, 2.75) is 39.2 Å². The number of hydrogen-bond acceptors (Lipinski definition) is 3. The van der Waals surface area contributed by atoms with Crippen LogP contribution in [-0.2, 0) is 4.79 Å². The van der Waals surface area contributed by atoms with Crippen LogP contribution in [0.3, 0.4) is 0 Å². The normalized spacial score (nSPS) is 14.3. The first kappa shape index (κ1) is 14.2. The highest BCUT2D eigenvalue weighted by Gasteiger charge is 2.13. The Morgan fingerprint density at radius 2 is 2.35 bits per heavy atom. The van der Waals surface area contributed by atoms with Gasteiger partial charge in [-0.3, -0.25) is 4.79 Å². The van der Waals surface area contributed by atoms with Gasteiger partial charge in [-0.2, -0.15) is 0 Å². The molecule has 3 nitrogen and oxygen atoms in total. The molecule has 1 amide bonds. The molecule has 4 heteroatoms. The predicted octanol–water partition coefficient (Wildman–Crippen LogP) is 2.69. The molecule has 96 valence electrons. The Kier molecular flexibility index (Phi) is 6.22. The van der Waals surface area contributed by atoms with Crippen molar-refractivity contribution in [1.82, 2.24) is 5.32 Å². The van der Waals surface area contributed by atoms with Crippen molar-refractivity contribution in [2.24, 2.45) is 11.7 Å². The van der Waals surface area contributed by atoms with Crippen molar-refractivity contribution in [3.05, 3.63) is 22.4 Å². The highest BCUT2D eigenvalue weighted by molar-refractivity contribution is 7.10. The lowest BCUT2D eigenvalue weighted by Gasteiger charge is -2.16. The number of nitrogens with two attached hydrogens (primary N) is 1. The van der Waals surface area contributed by atoms with Gasteiger partial charge in [0.25, 0.3) is 0 Å². The largest absolute Gasteiger partial charge is 0.348 e. The third-order valence-electron chi connectivity index (χ3n) is 2.90. The lowest BCUT2D eigenvalue weighted by atomic mass is 10.1. The van der Waals surface area contributed by atoms with Crippen molar-refractivity contribution in [2.75, 3.05) is 6.54 Å². The molecule has 0 aliphatic carbocycles. The van der Waals surface area contributed by atoms with Gasteiger partial charge in [-0.25, -0.2) is 0 Å². The van der Waals surface area contributed by atoms with E-state index in [4.69, 9.17) is 5.73 Å². The fraction of sp³-hybridized carbons (Fsp3) is 0.615. The fourth-order valence-electron chi connectivity index (χ4n) is 1.63. The van der Waals surface area contributed by atoms with E-state index in [1.54, 1.807) is 11.3 Å². The molecule has 0 aliphatic heterocycles. The maximum atomic E-state index is 11.8. The summed E-state index contributed by atoms with van der Waals surface area (Å²) in [6, 6.07) is 4.25. The van der Waals surface area contributed by atoms with E-state index in [0.717, 1.165) is 12.8 Å². The number of carbonyl (C=O) groups is 1. The van der Waals surface area contributed by atoms with Gasteiger partial charge in [-0.05, 0) is 36.8 Å². The van der Waals surface area contributed by atoms with Crippen LogP contribution in [0.15, 0.2) is 17.5 Å². The topological polar surface area (TPSA) is 55.1 Å². The minimum Gasteiger partial charge on any atom is -0.348 e. The van der Waals surface area contributed by atoms with Gasteiger partial charge in [0.15, 0.2) is 0 Å². The monoisotopic (exact) mass is 254 g/mol. The van der Waals surface area contributed by atoms with Crippen molar-refractivity contribution in [3.63, 3.8) is 0 Å². The second kappa shape index (κ2) is 7.45. The Morgan fingerprint density at radius 1 is 1.59 bits per heavy atom. The van der Waals surface area contributed by atoms with E-state index >= 15 is 0 Å². The number of thiophene rings is 1. The second-order valence-corrected chi connectivity index (χ2v) is 5.40. The van der Waals surface area contributed by atoms with E-state index in [9.17, 15) is 4.79 Å². The van der Waals surface area contributed by atoms with Crippen LogP contribution in [-0.4, -0.2) is 12.5 Å². The van der Waals surface area contributed by atoms with Crippen LogP contribution >= 0.6 is 11.3 Å². The molecule has 1 aromatic heterocycles. The van der Waals surface area contributed by atoms with Crippen LogP contribution in [0.4, 0.5) is 0 Å². The first-order valence-corrected chi connectivity index (χ1v) is 7.08. The molecule has 3 N–H and O–H groups in total. The molecule has 1 heterocycles. The highest BCUT2D eigenvalue weighted by Crippen LogP contribution is 2.21. The van der Waals surface area contributed by atoms with E-state index in [1.165, 1.54) is 4.88 Å². The predicted molar refractivity (Wildman–Crippen MR) is 72.9 cm³/mol. The molecule has 17 heavy (non-hydrogen) atoms. The Bertz CT molecular complexity index is 324. The first-order valence-electron chi connectivity index (χ1n) is 6.20. The molecular formula is C13H22N2OS. The minimum atomic E-state index is 0.130. The van der Waals surface area contributed by atoms with E-state index in [2.05, 4.69) is 25.2 Å². The summed E-state index contributed by atoms with van der Waals surface area (Å²) in [6.45, 7) is 4.81. The molecule has 0 aliphatic rings. The standard InChI is InChI=1S/C13H22N2OS/c1-3-11(12-5-4-8-17-12)15-13(16)7-6-10(2)9-14/h4-5,8,10-11H,3,6-7,9,14H2,1-2H3,(H,15,16). The Hall–Kier alpha value is -0.870. The maximum Gasteiger partial charge on any atom is 0.220 e. The minimum absolute atomic E-state index is 0.130. The molecule has 0 saturated carbocycles. The van der Waals surface area contributed by atoms with Crippen LogP contribution in [0.2, 0.25) is 0 Å². The number of rotatable bonds is 7. The van der Waals surface area contributed by atoms with Gasteiger partial charge in [0, 0.05) is 11.3 Å². The van der Waals surface area contributed by atoms with Gasteiger partial charge >= 0.3 is 0 Å². The van der Waals surface area contributed by atoms with Crippen LogP contribution in [0.25, 0.3) is 0 Å². The van der Waals surface area contributed by atoms with Gasteiger partial charge in [0.05, 0.1) is 6.04 Å². The second-order valence-electron chi connectivity index (χ2n) is 4.42. The maximum absolute atomic E-state index is 11.8. The number of hydrogen-bond donors (Lipinski definition) is 2. The fourth-order valence-corrected chi connectivity index (χ4v) is 2.49. The van der Waals surface area contributed by atoms with Crippen LogP contribution in [0.5, 0.6) is 0 Å². The molecule has 0 fully saturated rings. The smallest absolute Gasteiger partial charge is 0.220 e. The molecule has 2 atom stereocenters. The first-order chi connectivity index (χ1) is 8.17. The van der Waals surface area contributed by atoms with Crippen molar-refractivity contribution >= 4 is 17.2 Å². The van der Waals surface area contributed by atoms with Crippen LogP contribution in [0, 0.1) is 5.92 Å². The van der Waals surface area contributed by atoms with Gasteiger partial charge < -0.3 is 11.1 Å². The third kappa shape index (κ3) is 4.88. The molecule has 0 bridgehead atoms. The number of amides is 1. The summed E-state index contributed by atoms with van der Waals surface area (Å²) in [5.41, 5.74) is 5.53. The molecule has 1 rings (SSSR count). The Labute approximate surface area is 107 Å². The van der Waals surface area contributed by atoms with Crippen molar-refractivity contribution < 1.29 is 4.79 Å². The number of nitrogens with one attached hydrogen (secondary N) is 1. The summed E-state index contributed by atoms with van der Waals surface area (Å²) >= 11 is 1.69. The number of carbonyl (C=O) groups excluding carboxylic acids is 1. The summed E-state index contributed by atoms with van der Waals surface area (Å²) in [5.74, 6) is 0.549. The summed E-state index contributed by atoms with van der Waals surface area (Å²) < 4.78 is 0. The lowest BCUT2D eigenvalue weighted by Crippen LogP contribution is -2.28. The molecule has 0 aromatic carbocycles. The molecule has 1 aromatic rings. The third-order valence-corrected chi connectivity index (χ3v) is 3.88. The Balaban J connectivity index is 2.38. The zero-order chi connectivity index (χ0) is 12.7. The van der Waals surface area contributed by atoms with Gasteiger partial charge in [-0.1, -0.05) is 19.9 Å². The summed E-state index contributed by atoms with van der Waals surface area (Å²) in [4.78, 5) is 13.0. The molecule has 0 radical (unpaired) electrons. The molecular weight excluding hydrogens is 232 g/mol. The van der Waals surface area contributed by atoms with E-state index < -0.39 is 0 Å². The summed E-state index contributed by atoms with van der Waals surface area (Å²) in [7, 11) is 0. The van der Waals surface area contributed by atoms with E-state index in [0.29, 0.717) is 18.9 Å². The lowest BCUT2D eigenvalue weighted by molar-refractivity contribution is -0.122. The van der Waals surface area contributed by atoms with Gasteiger partial charge in [0.2, 0.25) is 5.91 Å². The van der Waals surface area contributed by atoms with Crippen molar-refractivity contribution in [3.8, 4) is 0 Å².